The molecule has 94 valence electrons. The molecule has 2 aromatic rings. The van der Waals surface area contributed by atoms with Crippen LogP contribution in [0.3, 0.4) is 0 Å². The summed E-state index contributed by atoms with van der Waals surface area (Å²) >= 11 is 5.45. The molecule has 0 unspecified atom stereocenters. The lowest BCUT2D eigenvalue weighted by Crippen LogP contribution is -2.24. The van der Waals surface area contributed by atoms with Crippen LogP contribution in [0, 0.1) is 10.5 Å². The highest BCUT2D eigenvalue weighted by molar-refractivity contribution is 14.1. The number of rotatable bonds is 2. The fraction of sp³-hybridized carbons (Fsp3) is 0.167. The number of nitrogens with zero attached hydrogens (tertiary/aromatic N) is 2. The van der Waals surface area contributed by atoms with Crippen LogP contribution >= 0.6 is 38.5 Å². The molecular formula is C12H11BrIN3O. The third kappa shape index (κ3) is 2.59. The highest BCUT2D eigenvalue weighted by Gasteiger charge is 2.08. The number of hydrogen-bond acceptors (Lipinski definition) is 3. The van der Waals surface area contributed by atoms with E-state index < -0.39 is 0 Å². The van der Waals surface area contributed by atoms with Crippen LogP contribution < -0.4 is 11.3 Å². The first-order valence-corrected chi connectivity index (χ1v) is 7.12. The predicted molar refractivity (Wildman–Crippen MR) is 83.6 cm³/mol. The predicted octanol–water partition coefficient (Wildman–Crippen LogP) is 2.55. The Labute approximate surface area is 126 Å². The highest BCUT2D eigenvalue weighted by Crippen LogP contribution is 2.24. The minimum absolute atomic E-state index is 0.0302. The smallest absolute Gasteiger partial charge is 0.267 e. The molecule has 2 rings (SSSR count). The van der Waals surface area contributed by atoms with E-state index in [4.69, 9.17) is 5.73 Å². The second-order valence-electron chi connectivity index (χ2n) is 3.90. The first-order chi connectivity index (χ1) is 8.50. The molecule has 0 saturated carbocycles. The monoisotopic (exact) mass is 419 g/mol. The van der Waals surface area contributed by atoms with E-state index in [9.17, 15) is 4.79 Å². The zero-order chi connectivity index (χ0) is 13.3. The molecule has 0 aliphatic heterocycles. The first-order valence-electron chi connectivity index (χ1n) is 5.25. The van der Waals surface area contributed by atoms with Crippen LogP contribution in [-0.2, 0) is 6.54 Å². The summed E-state index contributed by atoms with van der Waals surface area (Å²) in [5.74, 6) is 0. The van der Waals surface area contributed by atoms with E-state index >= 15 is 0 Å². The second-order valence-corrected chi connectivity index (χ2v) is 5.77. The number of nitrogens with two attached hydrogens (primary N) is 1. The molecule has 0 atom stereocenters. The summed E-state index contributed by atoms with van der Waals surface area (Å²) in [6, 6.07) is 5.61. The average Bonchev–Trinajstić information content (AvgIpc) is 2.35. The van der Waals surface area contributed by atoms with Gasteiger partial charge in [0.05, 0.1) is 22.1 Å². The fourth-order valence-corrected chi connectivity index (χ4v) is 2.40. The molecule has 0 spiro atoms. The Morgan fingerprint density at radius 2 is 2.22 bits per heavy atom. The lowest BCUT2D eigenvalue weighted by molar-refractivity contribution is 0.722. The van der Waals surface area contributed by atoms with Gasteiger partial charge in [-0.1, -0.05) is 12.1 Å². The Kier molecular flexibility index (Phi) is 4.06. The molecule has 0 aliphatic carbocycles. The van der Waals surface area contributed by atoms with Crippen LogP contribution in [0.15, 0.2) is 33.8 Å². The van der Waals surface area contributed by atoms with E-state index in [0.29, 0.717) is 15.8 Å². The van der Waals surface area contributed by atoms with E-state index in [1.807, 2.05) is 47.7 Å². The van der Waals surface area contributed by atoms with Gasteiger partial charge in [0.2, 0.25) is 0 Å². The van der Waals surface area contributed by atoms with Crippen molar-refractivity contribution in [1.82, 2.24) is 9.55 Å². The minimum Gasteiger partial charge on any atom is -0.398 e. The highest BCUT2D eigenvalue weighted by atomic mass is 127. The van der Waals surface area contributed by atoms with Crippen molar-refractivity contribution in [3.8, 4) is 0 Å². The van der Waals surface area contributed by atoms with Crippen LogP contribution in [0.5, 0.6) is 0 Å². The third-order valence-electron chi connectivity index (χ3n) is 2.61. The van der Waals surface area contributed by atoms with Crippen molar-refractivity contribution in [2.75, 3.05) is 5.73 Å². The summed E-state index contributed by atoms with van der Waals surface area (Å²) in [6.45, 7) is 2.28. The third-order valence-corrected chi connectivity index (χ3v) is 4.82. The van der Waals surface area contributed by atoms with Crippen molar-refractivity contribution in [3.05, 3.63) is 54.2 Å². The number of benzene rings is 1. The molecule has 18 heavy (non-hydrogen) atoms. The van der Waals surface area contributed by atoms with Crippen molar-refractivity contribution in [2.45, 2.75) is 13.5 Å². The summed E-state index contributed by atoms with van der Waals surface area (Å²) in [7, 11) is 0. The van der Waals surface area contributed by atoms with Gasteiger partial charge in [0.25, 0.3) is 5.56 Å². The number of nitrogen functional groups attached to an aromatic ring is 1. The van der Waals surface area contributed by atoms with Gasteiger partial charge in [-0.2, -0.15) is 0 Å². The van der Waals surface area contributed by atoms with Crippen LogP contribution in [0.4, 0.5) is 5.69 Å². The van der Waals surface area contributed by atoms with Crippen LogP contribution in [0.2, 0.25) is 0 Å². The molecule has 1 aromatic carbocycles. The lowest BCUT2D eigenvalue weighted by Gasteiger charge is -2.10. The van der Waals surface area contributed by atoms with Crippen molar-refractivity contribution < 1.29 is 0 Å². The zero-order valence-electron chi connectivity index (χ0n) is 9.65. The number of aromatic nitrogens is 2. The summed E-state index contributed by atoms with van der Waals surface area (Å²) in [5, 5.41) is 0. The van der Waals surface area contributed by atoms with E-state index in [2.05, 4.69) is 20.9 Å². The standard InChI is InChI=1S/C12H11BrIN3O/c1-7-11(14)12(18)17(6-16-7)5-8-3-2-4-9(15)10(8)13/h2-4,6H,5,15H2,1H3. The van der Waals surface area contributed by atoms with Crippen molar-refractivity contribution in [3.63, 3.8) is 0 Å². The molecule has 0 bridgehead atoms. The average molecular weight is 420 g/mol. The maximum absolute atomic E-state index is 12.1. The molecular weight excluding hydrogens is 409 g/mol. The Morgan fingerprint density at radius 3 is 2.94 bits per heavy atom. The fourth-order valence-electron chi connectivity index (χ4n) is 1.56. The summed E-state index contributed by atoms with van der Waals surface area (Å²) in [5.41, 5.74) is 8.16. The quantitative estimate of drug-likeness (QED) is 0.601. The van der Waals surface area contributed by atoms with E-state index in [1.165, 1.54) is 0 Å². The zero-order valence-corrected chi connectivity index (χ0v) is 13.4. The van der Waals surface area contributed by atoms with Crippen molar-refractivity contribution >= 4 is 44.2 Å². The maximum Gasteiger partial charge on any atom is 0.267 e. The second kappa shape index (κ2) is 5.40. The summed E-state index contributed by atoms with van der Waals surface area (Å²) in [4.78, 5) is 16.3. The largest absolute Gasteiger partial charge is 0.398 e. The lowest BCUT2D eigenvalue weighted by atomic mass is 10.2. The molecule has 1 heterocycles. The number of anilines is 1. The van der Waals surface area contributed by atoms with Gasteiger partial charge in [-0.25, -0.2) is 4.98 Å². The van der Waals surface area contributed by atoms with E-state index in [1.54, 1.807) is 10.9 Å². The Morgan fingerprint density at radius 1 is 1.50 bits per heavy atom. The molecule has 1 aromatic heterocycles. The first kappa shape index (κ1) is 13.5. The maximum atomic E-state index is 12.1. The summed E-state index contributed by atoms with van der Waals surface area (Å²) < 4.78 is 3.05. The number of hydrogen-bond donors (Lipinski definition) is 1. The summed E-state index contributed by atoms with van der Waals surface area (Å²) in [6.07, 6.45) is 1.56. The molecule has 0 amide bonds. The SMILES string of the molecule is Cc1ncn(Cc2cccc(N)c2Br)c(=O)c1I. The number of aryl methyl sites for hydroxylation is 1. The molecule has 0 saturated heterocycles. The molecule has 4 nitrogen and oxygen atoms in total. The normalized spacial score (nSPS) is 10.6. The Bertz CT molecular complexity index is 654. The van der Waals surface area contributed by atoms with Gasteiger partial charge in [-0.05, 0) is 57.1 Å². The van der Waals surface area contributed by atoms with Gasteiger partial charge in [0.15, 0.2) is 0 Å². The minimum atomic E-state index is -0.0302. The van der Waals surface area contributed by atoms with Crippen LogP contribution in [0.1, 0.15) is 11.3 Å². The van der Waals surface area contributed by atoms with Gasteiger partial charge in [0.1, 0.15) is 0 Å². The van der Waals surface area contributed by atoms with Crippen molar-refractivity contribution in [2.24, 2.45) is 0 Å². The van der Waals surface area contributed by atoms with Gasteiger partial charge < -0.3 is 5.73 Å². The Hall–Kier alpha value is -0.890. The van der Waals surface area contributed by atoms with Gasteiger partial charge in [0, 0.05) is 10.2 Å². The molecule has 0 aliphatic rings. The van der Waals surface area contributed by atoms with Crippen LogP contribution in [-0.4, -0.2) is 9.55 Å². The van der Waals surface area contributed by atoms with E-state index in [0.717, 1.165) is 15.7 Å². The molecule has 6 heteroatoms. The number of halogens is 2. The molecule has 0 radical (unpaired) electrons. The van der Waals surface area contributed by atoms with Gasteiger partial charge >= 0.3 is 0 Å². The van der Waals surface area contributed by atoms with Crippen LogP contribution in [0.25, 0.3) is 0 Å². The Balaban J connectivity index is 2.44. The topological polar surface area (TPSA) is 60.9 Å². The van der Waals surface area contributed by atoms with Crippen molar-refractivity contribution in [1.29, 1.82) is 0 Å². The van der Waals surface area contributed by atoms with Gasteiger partial charge in [-0.15, -0.1) is 0 Å². The molecule has 2 N–H and O–H groups in total. The van der Waals surface area contributed by atoms with E-state index in [-0.39, 0.29) is 5.56 Å². The molecule has 0 fully saturated rings. The van der Waals surface area contributed by atoms with Gasteiger partial charge in [-0.3, -0.25) is 9.36 Å².